The van der Waals surface area contributed by atoms with Crippen LogP contribution < -0.4 is 4.90 Å². The Morgan fingerprint density at radius 3 is 2.41 bits per heavy atom. The third-order valence-corrected chi connectivity index (χ3v) is 2.87. The quantitative estimate of drug-likeness (QED) is 0.739. The van der Waals surface area contributed by atoms with Gasteiger partial charge in [-0.25, -0.2) is 4.39 Å². The van der Waals surface area contributed by atoms with E-state index in [1.54, 1.807) is 0 Å². The van der Waals surface area contributed by atoms with E-state index in [1.165, 1.54) is 12.1 Å². The Hall–Kier alpha value is -1.09. The molecular formula is C14H22FNO. The van der Waals surface area contributed by atoms with Gasteiger partial charge in [0.2, 0.25) is 0 Å². The Morgan fingerprint density at radius 2 is 1.88 bits per heavy atom. The first-order chi connectivity index (χ1) is 8.13. The molecule has 3 heteroatoms. The molecule has 0 heterocycles. The minimum absolute atomic E-state index is 0.195. The van der Waals surface area contributed by atoms with Crippen LogP contribution in [0, 0.1) is 5.82 Å². The van der Waals surface area contributed by atoms with Crippen LogP contribution in [0.4, 0.5) is 10.1 Å². The molecule has 0 aliphatic carbocycles. The minimum atomic E-state index is -0.212. The zero-order valence-electron chi connectivity index (χ0n) is 10.7. The fourth-order valence-electron chi connectivity index (χ4n) is 1.86. The zero-order valence-corrected chi connectivity index (χ0v) is 10.7. The summed E-state index contributed by atoms with van der Waals surface area (Å²) in [5, 5.41) is 9.17. The van der Waals surface area contributed by atoms with Crippen LogP contribution in [0.1, 0.15) is 33.1 Å². The van der Waals surface area contributed by atoms with Gasteiger partial charge in [-0.1, -0.05) is 0 Å². The van der Waals surface area contributed by atoms with Crippen molar-refractivity contribution in [1.29, 1.82) is 0 Å². The molecule has 1 aromatic carbocycles. The van der Waals surface area contributed by atoms with Gasteiger partial charge >= 0.3 is 0 Å². The maximum absolute atomic E-state index is 12.8. The van der Waals surface area contributed by atoms with Crippen molar-refractivity contribution in [2.75, 3.05) is 18.0 Å². The van der Waals surface area contributed by atoms with Crippen LogP contribution in [-0.2, 0) is 0 Å². The number of aliphatic hydroxyl groups excluding tert-OH is 1. The van der Waals surface area contributed by atoms with Crippen LogP contribution in [0.25, 0.3) is 0 Å². The number of nitrogens with zero attached hydrogens (tertiary/aromatic N) is 1. The van der Waals surface area contributed by atoms with E-state index in [9.17, 15) is 4.39 Å². The Kier molecular flexibility index (Phi) is 5.98. The van der Waals surface area contributed by atoms with Gasteiger partial charge in [0.15, 0.2) is 0 Å². The highest BCUT2D eigenvalue weighted by molar-refractivity contribution is 5.45. The van der Waals surface area contributed by atoms with Gasteiger partial charge in [-0.05, 0) is 57.4 Å². The fourth-order valence-corrected chi connectivity index (χ4v) is 1.86. The maximum atomic E-state index is 12.8. The van der Waals surface area contributed by atoms with Crippen LogP contribution in [0.5, 0.6) is 0 Å². The van der Waals surface area contributed by atoms with Crippen LogP contribution in [-0.4, -0.2) is 24.3 Å². The third kappa shape index (κ3) is 5.18. The fraction of sp³-hybridized carbons (Fsp3) is 0.571. The summed E-state index contributed by atoms with van der Waals surface area (Å²) < 4.78 is 12.8. The predicted molar refractivity (Wildman–Crippen MR) is 69.8 cm³/mol. The molecule has 0 aliphatic heterocycles. The zero-order chi connectivity index (χ0) is 12.7. The van der Waals surface area contributed by atoms with Crippen LogP contribution in [0.15, 0.2) is 24.3 Å². The third-order valence-electron chi connectivity index (χ3n) is 2.87. The van der Waals surface area contributed by atoms with Gasteiger partial charge in [-0.3, -0.25) is 0 Å². The second-order valence-corrected chi connectivity index (χ2v) is 4.40. The minimum Gasteiger partial charge on any atom is -0.393 e. The summed E-state index contributed by atoms with van der Waals surface area (Å²) in [6.45, 7) is 5.78. The van der Waals surface area contributed by atoms with E-state index < -0.39 is 0 Å². The molecule has 17 heavy (non-hydrogen) atoms. The highest BCUT2D eigenvalue weighted by Gasteiger charge is 2.04. The van der Waals surface area contributed by atoms with E-state index in [1.807, 2.05) is 19.1 Å². The molecular weight excluding hydrogens is 217 g/mol. The van der Waals surface area contributed by atoms with Gasteiger partial charge < -0.3 is 10.0 Å². The number of hydrogen-bond acceptors (Lipinski definition) is 2. The SMILES string of the molecule is CCN(CCCCC(C)O)c1ccc(F)cc1. The van der Waals surface area contributed by atoms with Crippen LogP contribution >= 0.6 is 0 Å². The number of aliphatic hydroxyl groups is 1. The topological polar surface area (TPSA) is 23.5 Å². The van der Waals surface area contributed by atoms with Crippen LogP contribution in [0.2, 0.25) is 0 Å². The highest BCUT2D eigenvalue weighted by Crippen LogP contribution is 2.15. The van der Waals surface area contributed by atoms with Gasteiger partial charge in [0.25, 0.3) is 0 Å². The van der Waals surface area contributed by atoms with E-state index >= 15 is 0 Å². The summed E-state index contributed by atoms with van der Waals surface area (Å²) in [5.41, 5.74) is 1.06. The second kappa shape index (κ2) is 7.28. The number of anilines is 1. The molecule has 1 atom stereocenters. The first kappa shape index (κ1) is 14.0. The van der Waals surface area contributed by atoms with Gasteiger partial charge in [0.05, 0.1) is 6.10 Å². The Morgan fingerprint density at radius 1 is 1.24 bits per heavy atom. The van der Waals surface area contributed by atoms with Crippen molar-refractivity contribution in [3.05, 3.63) is 30.1 Å². The summed E-state index contributed by atoms with van der Waals surface area (Å²) in [5.74, 6) is -0.195. The van der Waals surface area contributed by atoms with E-state index in [-0.39, 0.29) is 11.9 Å². The van der Waals surface area contributed by atoms with Gasteiger partial charge in [-0.15, -0.1) is 0 Å². The number of unbranched alkanes of at least 4 members (excludes halogenated alkanes) is 1. The molecule has 0 fully saturated rings. The Balaban J connectivity index is 2.40. The largest absolute Gasteiger partial charge is 0.393 e. The van der Waals surface area contributed by atoms with E-state index in [0.717, 1.165) is 38.0 Å². The maximum Gasteiger partial charge on any atom is 0.123 e. The van der Waals surface area contributed by atoms with Gasteiger partial charge in [0, 0.05) is 18.8 Å². The van der Waals surface area contributed by atoms with Crippen molar-refractivity contribution < 1.29 is 9.50 Å². The summed E-state index contributed by atoms with van der Waals surface area (Å²) in [7, 11) is 0. The molecule has 0 bridgehead atoms. The number of halogens is 1. The van der Waals surface area contributed by atoms with E-state index in [4.69, 9.17) is 5.11 Å². The van der Waals surface area contributed by atoms with E-state index in [2.05, 4.69) is 11.8 Å². The van der Waals surface area contributed by atoms with Crippen LogP contribution in [0.3, 0.4) is 0 Å². The van der Waals surface area contributed by atoms with Crippen molar-refractivity contribution in [3.63, 3.8) is 0 Å². The summed E-state index contributed by atoms with van der Waals surface area (Å²) in [6.07, 6.45) is 2.71. The molecule has 1 unspecified atom stereocenters. The van der Waals surface area contributed by atoms with Crippen molar-refractivity contribution in [1.82, 2.24) is 0 Å². The lowest BCUT2D eigenvalue weighted by Gasteiger charge is -2.23. The lowest BCUT2D eigenvalue weighted by atomic mass is 10.1. The van der Waals surface area contributed by atoms with Gasteiger partial charge in [0.1, 0.15) is 5.82 Å². The lowest BCUT2D eigenvalue weighted by molar-refractivity contribution is 0.181. The predicted octanol–water partition coefficient (Wildman–Crippen LogP) is 3.20. The van der Waals surface area contributed by atoms with E-state index in [0.29, 0.717) is 0 Å². The molecule has 0 saturated heterocycles. The molecule has 0 aliphatic rings. The normalized spacial score (nSPS) is 12.5. The highest BCUT2D eigenvalue weighted by atomic mass is 19.1. The van der Waals surface area contributed by atoms with Crippen molar-refractivity contribution in [2.45, 2.75) is 39.2 Å². The monoisotopic (exact) mass is 239 g/mol. The molecule has 1 rings (SSSR count). The Bertz CT molecular complexity index is 311. The van der Waals surface area contributed by atoms with Crippen molar-refractivity contribution in [2.24, 2.45) is 0 Å². The second-order valence-electron chi connectivity index (χ2n) is 4.40. The molecule has 0 saturated carbocycles. The van der Waals surface area contributed by atoms with Gasteiger partial charge in [-0.2, -0.15) is 0 Å². The molecule has 2 nitrogen and oxygen atoms in total. The van der Waals surface area contributed by atoms with Crippen molar-refractivity contribution >= 4 is 5.69 Å². The first-order valence-corrected chi connectivity index (χ1v) is 6.32. The standard InChI is InChI=1S/C14H22FNO/c1-3-16(11-5-4-6-12(2)17)14-9-7-13(15)8-10-14/h7-10,12,17H,3-6,11H2,1-2H3. The Labute approximate surface area is 103 Å². The summed E-state index contributed by atoms with van der Waals surface area (Å²) in [4.78, 5) is 2.22. The summed E-state index contributed by atoms with van der Waals surface area (Å²) in [6, 6.07) is 6.61. The lowest BCUT2D eigenvalue weighted by Crippen LogP contribution is -2.24. The average Bonchev–Trinajstić information content (AvgIpc) is 2.30. The molecule has 1 aromatic rings. The molecule has 0 radical (unpaired) electrons. The molecule has 0 spiro atoms. The number of hydrogen-bond donors (Lipinski definition) is 1. The summed E-state index contributed by atoms with van der Waals surface area (Å²) >= 11 is 0. The number of rotatable bonds is 7. The average molecular weight is 239 g/mol. The molecule has 0 amide bonds. The number of benzene rings is 1. The van der Waals surface area contributed by atoms with Crippen molar-refractivity contribution in [3.8, 4) is 0 Å². The molecule has 1 N–H and O–H groups in total. The molecule has 96 valence electrons. The first-order valence-electron chi connectivity index (χ1n) is 6.32. The molecule has 0 aromatic heterocycles. The smallest absolute Gasteiger partial charge is 0.123 e.